The maximum absolute atomic E-state index is 10.7. The molecule has 0 spiro atoms. The van der Waals surface area contributed by atoms with Crippen molar-refractivity contribution in [1.82, 2.24) is 10.4 Å². The van der Waals surface area contributed by atoms with E-state index in [4.69, 9.17) is 0 Å². The molecule has 1 saturated heterocycles. The first-order chi connectivity index (χ1) is 4.34. The third-order valence-electron chi connectivity index (χ3n) is 1.26. The lowest BCUT2D eigenvalue weighted by molar-refractivity contribution is 0.117. The van der Waals surface area contributed by atoms with E-state index in [0.717, 1.165) is 19.5 Å². The SMILES string of the molecule is COC(=O)N1CCCN1. The van der Waals surface area contributed by atoms with Crippen molar-refractivity contribution in [3.8, 4) is 0 Å². The highest BCUT2D eigenvalue weighted by atomic mass is 16.5. The molecule has 1 aliphatic rings. The fraction of sp³-hybridized carbons (Fsp3) is 0.800. The van der Waals surface area contributed by atoms with Gasteiger partial charge in [-0.05, 0) is 6.42 Å². The molecular weight excluding hydrogens is 120 g/mol. The lowest BCUT2D eigenvalue weighted by atomic mass is 10.5. The minimum atomic E-state index is -0.299. The van der Waals surface area contributed by atoms with Gasteiger partial charge in [0, 0.05) is 13.1 Å². The Morgan fingerprint density at radius 1 is 1.78 bits per heavy atom. The summed E-state index contributed by atoms with van der Waals surface area (Å²) in [6, 6.07) is 0. The number of hydrazine groups is 1. The summed E-state index contributed by atoms with van der Waals surface area (Å²) in [5.41, 5.74) is 2.87. The summed E-state index contributed by atoms with van der Waals surface area (Å²) in [7, 11) is 1.38. The molecule has 9 heavy (non-hydrogen) atoms. The second-order valence-electron chi connectivity index (χ2n) is 1.88. The van der Waals surface area contributed by atoms with Gasteiger partial charge in [0.15, 0.2) is 0 Å². The second kappa shape index (κ2) is 2.68. The van der Waals surface area contributed by atoms with Crippen molar-refractivity contribution in [1.29, 1.82) is 0 Å². The van der Waals surface area contributed by atoms with E-state index < -0.39 is 0 Å². The van der Waals surface area contributed by atoms with Crippen molar-refractivity contribution >= 4 is 6.09 Å². The zero-order chi connectivity index (χ0) is 6.69. The van der Waals surface area contributed by atoms with Crippen LogP contribution >= 0.6 is 0 Å². The topological polar surface area (TPSA) is 41.6 Å². The normalized spacial score (nSPS) is 18.1. The summed E-state index contributed by atoms with van der Waals surface area (Å²) in [6.07, 6.45) is 0.710. The summed E-state index contributed by atoms with van der Waals surface area (Å²) < 4.78 is 4.46. The molecule has 1 amide bonds. The van der Waals surface area contributed by atoms with Crippen LogP contribution in [0.3, 0.4) is 0 Å². The molecule has 0 aromatic rings. The third-order valence-corrected chi connectivity index (χ3v) is 1.26. The molecule has 0 aromatic heterocycles. The van der Waals surface area contributed by atoms with Gasteiger partial charge in [0.05, 0.1) is 7.11 Å². The van der Waals surface area contributed by atoms with Gasteiger partial charge < -0.3 is 4.74 Å². The van der Waals surface area contributed by atoms with Crippen LogP contribution in [0.25, 0.3) is 0 Å². The Balaban J connectivity index is 2.32. The fourth-order valence-electron chi connectivity index (χ4n) is 0.796. The monoisotopic (exact) mass is 130 g/mol. The molecule has 0 bridgehead atoms. The fourth-order valence-corrected chi connectivity index (χ4v) is 0.796. The molecule has 52 valence electrons. The van der Waals surface area contributed by atoms with Gasteiger partial charge in [-0.15, -0.1) is 0 Å². The van der Waals surface area contributed by atoms with E-state index in [0.29, 0.717) is 0 Å². The molecule has 0 unspecified atom stereocenters. The molecular formula is C5H10N2O2. The highest BCUT2D eigenvalue weighted by Gasteiger charge is 2.16. The van der Waals surface area contributed by atoms with Gasteiger partial charge in [-0.25, -0.2) is 15.2 Å². The maximum atomic E-state index is 10.7. The van der Waals surface area contributed by atoms with Gasteiger partial charge in [0.25, 0.3) is 0 Å². The van der Waals surface area contributed by atoms with Gasteiger partial charge in [0.1, 0.15) is 0 Å². The molecule has 0 atom stereocenters. The van der Waals surface area contributed by atoms with Crippen molar-refractivity contribution in [2.45, 2.75) is 6.42 Å². The number of methoxy groups -OCH3 is 1. The van der Waals surface area contributed by atoms with Crippen LogP contribution in [0.5, 0.6) is 0 Å². The average molecular weight is 130 g/mol. The van der Waals surface area contributed by atoms with Crippen LogP contribution in [-0.2, 0) is 4.74 Å². The Morgan fingerprint density at radius 2 is 2.56 bits per heavy atom. The van der Waals surface area contributed by atoms with Gasteiger partial charge >= 0.3 is 6.09 Å². The van der Waals surface area contributed by atoms with Crippen LogP contribution < -0.4 is 5.43 Å². The Morgan fingerprint density at radius 3 is 3.00 bits per heavy atom. The summed E-state index contributed by atoms with van der Waals surface area (Å²) in [4.78, 5) is 10.7. The molecule has 0 saturated carbocycles. The number of hydrogen-bond acceptors (Lipinski definition) is 3. The number of carbonyl (C=O) groups is 1. The second-order valence-corrected chi connectivity index (χ2v) is 1.88. The molecule has 4 nitrogen and oxygen atoms in total. The van der Waals surface area contributed by atoms with E-state index >= 15 is 0 Å². The van der Waals surface area contributed by atoms with Gasteiger partial charge in [-0.1, -0.05) is 0 Å². The van der Waals surface area contributed by atoms with E-state index in [1.165, 1.54) is 12.1 Å². The van der Waals surface area contributed by atoms with Gasteiger partial charge in [-0.2, -0.15) is 0 Å². The third kappa shape index (κ3) is 1.32. The van der Waals surface area contributed by atoms with E-state index in [-0.39, 0.29) is 6.09 Å². The number of hydrogen-bond donors (Lipinski definition) is 1. The lowest BCUT2D eigenvalue weighted by Crippen LogP contribution is -2.36. The maximum Gasteiger partial charge on any atom is 0.423 e. The van der Waals surface area contributed by atoms with Crippen molar-refractivity contribution in [2.75, 3.05) is 20.2 Å². The summed E-state index contributed by atoms with van der Waals surface area (Å²) >= 11 is 0. The molecule has 0 aliphatic carbocycles. The molecule has 0 aromatic carbocycles. The molecule has 1 heterocycles. The first-order valence-electron chi connectivity index (χ1n) is 2.93. The zero-order valence-electron chi connectivity index (χ0n) is 5.39. The highest BCUT2D eigenvalue weighted by molar-refractivity contribution is 5.66. The average Bonchev–Trinajstić information content (AvgIpc) is 2.37. The summed E-state index contributed by atoms with van der Waals surface area (Å²) in [5.74, 6) is 0. The molecule has 0 radical (unpaired) electrons. The first kappa shape index (κ1) is 6.35. The molecule has 1 N–H and O–H groups in total. The molecule has 4 heteroatoms. The predicted molar refractivity (Wildman–Crippen MR) is 31.7 cm³/mol. The Kier molecular flexibility index (Phi) is 1.89. The van der Waals surface area contributed by atoms with Crippen LogP contribution in [0.2, 0.25) is 0 Å². The minimum Gasteiger partial charge on any atom is -0.452 e. The lowest BCUT2D eigenvalue weighted by Gasteiger charge is -2.12. The van der Waals surface area contributed by atoms with E-state index in [1.807, 2.05) is 0 Å². The number of nitrogens with zero attached hydrogens (tertiary/aromatic N) is 1. The van der Waals surface area contributed by atoms with Crippen molar-refractivity contribution in [2.24, 2.45) is 0 Å². The van der Waals surface area contributed by atoms with Crippen molar-refractivity contribution in [3.05, 3.63) is 0 Å². The molecule has 1 fully saturated rings. The van der Waals surface area contributed by atoms with Gasteiger partial charge in [-0.3, -0.25) is 0 Å². The number of nitrogens with one attached hydrogen (secondary N) is 1. The Labute approximate surface area is 53.7 Å². The number of amides is 1. The van der Waals surface area contributed by atoms with Crippen LogP contribution in [0.15, 0.2) is 0 Å². The van der Waals surface area contributed by atoms with Crippen LogP contribution in [0.1, 0.15) is 6.42 Å². The molecule has 1 rings (SSSR count). The van der Waals surface area contributed by atoms with Crippen LogP contribution in [0, 0.1) is 0 Å². The standard InChI is InChI=1S/C5H10N2O2/c1-9-5(8)7-4-2-3-6-7/h6H,2-4H2,1H3. The largest absolute Gasteiger partial charge is 0.452 e. The van der Waals surface area contributed by atoms with Crippen LogP contribution in [0.4, 0.5) is 4.79 Å². The quantitative estimate of drug-likeness (QED) is 0.500. The summed E-state index contributed by atoms with van der Waals surface area (Å²) in [5, 5.41) is 1.47. The minimum absolute atomic E-state index is 0.299. The highest BCUT2D eigenvalue weighted by Crippen LogP contribution is 1.96. The molecule has 1 aliphatic heterocycles. The predicted octanol–water partition coefficient (Wildman–Crippen LogP) is -0.0369. The van der Waals surface area contributed by atoms with Crippen molar-refractivity contribution in [3.63, 3.8) is 0 Å². The number of rotatable bonds is 0. The summed E-state index contributed by atoms with van der Waals surface area (Å²) in [6.45, 7) is 1.63. The smallest absolute Gasteiger partial charge is 0.423 e. The Hall–Kier alpha value is -0.770. The van der Waals surface area contributed by atoms with E-state index in [1.54, 1.807) is 0 Å². The van der Waals surface area contributed by atoms with E-state index in [2.05, 4.69) is 10.2 Å². The number of ether oxygens (including phenoxy) is 1. The number of carbonyl (C=O) groups excluding carboxylic acids is 1. The van der Waals surface area contributed by atoms with Crippen LogP contribution in [-0.4, -0.2) is 31.3 Å². The first-order valence-corrected chi connectivity index (χ1v) is 2.93. The zero-order valence-corrected chi connectivity index (χ0v) is 5.39. The van der Waals surface area contributed by atoms with Gasteiger partial charge in [0.2, 0.25) is 0 Å². The van der Waals surface area contributed by atoms with E-state index in [9.17, 15) is 4.79 Å². The Bertz CT molecular complexity index is 110. The van der Waals surface area contributed by atoms with Crippen molar-refractivity contribution < 1.29 is 9.53 Å².